The van der Waals surface area contributed by atoms with E-state index in [2.05, 4.69) is 19.2 Å². The van der Waals surface area contributed by atoms with E-state index < -0.39 is 10.2 Å². The van der Waals surface area contributed by atoms with Crippen molar-refractivity contribution in [1.82, 2.24) is 13.9 Å². The van der Waals surface area contributed by atoms with E-state index >= 15 is 0 Å². The van der Waals surface area contributed by atoms with Gasteiger partial charge in [-0.2, -0.15) is 17.0 Å². The number of nitrogens with one attached hydrogen (secondary N) is 1. The third-order valence-corrected chi connectivity index (χ3v) is 6.34. The average molecular weight is 317 g/mol. The van der Waals surface area contributed by atoms with Gasteiger partial charge in [0.2, 0.25) is 0 Å². The van der Waals surface area contributed by atoms with E-state index in [0.29, 0.717) is 38.1 Å². The summed E-state index contributed by atoms with van der Waals surface area (Å²) in [7, 11) is -3.30. The SMILES string of the molecule is CC(C)CN(CC1CCCN1)S(=O)(=O)N1CCCCCC1. The molecular formula is C15H31N3O2S. The lowest BCUT2D eigenvalue weighted by molar-refractivity contribution is 0.299. The minimum Gasteiger partial charge on any atom is -0.313 e. The summed E-state index contributed by atoms with van der Waals surface area (Å²) in [5.41, 5.74) is 0. The van der Waals surface area contributed by atoms with Crippen LogP contribution in [-0.2, 0) is 10.2 Å². The van der Waals surface area contributed by atoms with Crippen LogP contribution in [0.1, 0.15) is 52.4 Å². The molecule has 0 aromatic carbocycles. The van der Waals surface area contributed by atoms with Gasteiger partial charge in [0.25, 0.3) is 10.2 Å². The summed E-state index contributed by atoms with van der Waals surface area (Å²) in [6.45, 7) is 7.82. The molecule has 0 aromatic rings. The summed E-state index contributed by atoms with van der Waals surface area (Å²) in [6.07, 6.45) is 6.54. The van der Waals surface area contributed by atoms with Crippen molar-refractivity contribution in [1.29, 1.82) is 0 Å². The zero-order valence-electron chi connectivity index (χ0n) is 13.6. The molecule has 2 heterocycles. The zero-order chi connectivity index (χ0) is 15.3. The Kier molecular flexibility index (Phi) is 6.47. The second-order valence-electron chi connectivity index (χ2n) is 6.83. The van der Waals surface area contributed by atoms with E-state index in [1.165, 1.54) is 0 Å². The van der Waals surface area contributed by atoms with Crippen LogP contribution in [0, 0.1) is 5.92 Å². The summed E-state index contributed by atoms with van der Waals surface area (Å²) in [6, 6.07) is 0.325. The minimum absolute atomic E-state index is 0.325. The van der Waals surface area contributed by atoms with E-state index in [1.54, 1.807) is 8.61 Å². The first-order valence-electron chi connectivity index (χ1n) is 8.49. The van der Waals surface area contributed by atoms with Crippen LogP contribution in [0.15, 0.2) is 0 Å². The van der Waals surface area contributed by atoms with Crippen molar-refractivity contribution >= 4 is 10.2 Å². The van der Waals surface area contributed by atoms with Crippen LogP contribution in [0.3, 0.4) is 0 Å². The molecule has 0 aromatic heterocycles. The Labute approximate surface area is 130 Å². The molecule has 0 aliphatic carbocycles. The minimum atomic E-state index is -3.30. The Hall–Kier alpha value is -0.170. The van der Waals surface area contributed by atoms with E-state index in [-0.39, 0.29) is 0 Å². The Bertz CT molecular complexity index is 397. The maximum absolute atomic E-state index is 13.0. The Balaban J connectivity index is 2.08. The number of rotatable bonds is 6. The van der Waals surface area contributed by atoms with Crippen molar-refractivity contribution in [3.8, 4) is 0 Å². The molecule has 2 aliphatic heterocycles. The second kappa shape index (κ2) is 7.90. The van der Waals surface area contributed by atoms with Gasteiger partial charge in [-0.1, -0.05) is 26.7 Å². The molecule has 6 heteroatoms. The molecule has 0 amide bonds. The molecule has 5 nitrogen and oxygen atoms in total. The van der Waals surface area contributed by atoms with Gasteiger partial charge in [-0.3, -0.25) is 0 Å². The molecule has 2 rings (SSSR count). The van der Waals surface area contributed by atoms with Crippen LogP contribution in [0.4, 0.5) is 0 Å². The molecule has 1 unspecified atom stereocenters. The van der Waals surface area contributed by atoms with Crippen molar-refractivity contribution in [2.24, 2.45) is 5.92 Å². The summed E-state index contributed by atoms with van der Waals surface area (Å²) >= 11 is 0. The van der Waals surface area contributed by atoms with Gasteiger partial charge >= 0.3 is 0 Å². The summed E-state index contributed by atoms with van der Waals surface area (Å²) in [5, 5.41) is 3.42. The molecule has 0 bridgehead atoms. The van der Waals surface area contributed by atoms with Crippen molar-refractivity contribution < 1.29 is 8.42 Å². The van der Waals surface area contributed by atoms with Crippen molar-refractivity contribution in [2.45, 2.75) is 58.4 Å². The smallest absolute Gasteiger partial charge is 0.282 e. The van der Waals surface area contributed by atoms with Gasteiger partial charge in [0.05, 0.1) is 0 Å². The van der Waals surface area contributed by atoms with Crippen LogP contribution in [-0.4, -0.2) is 55.8 Å². The van der Waals surface area contributed by atoms with Gasteiger partial charge in [0.1, 0.15) is 0 Å². The van der Waals surface area contributed by atoms with Gasteiger partial charge in [-0.25, -0.2) is 0 Å². The molecule has 21 heavy (non-hydrogen) atoms. The van der Waals surface area contributed by atoms with Gasteiger partial charge in [-0.05, 0) is 38.1 Å². The molecule has 2 fully saturated rings. The first-order chi connectivity index (χ1) is 10.00. The van der Waals surface area contributed by atoms with Gasteiger partial charge < -0.3 is 5.32 Å². The van der Waals surface area contributed by atoms with Crippen molar-refractivity contribution in [2.75, 3.05) is 32.7 Å². The predicted octanol–water partition coefficient (Wildman–Crippen LogP) is 1.82. The van der Waals surface area contributed by atoms with Crippen LogP contribution in [0.5, 0.6) is 0 Å². The molecule has 0 saturated carbocycles. The molecule has 0 radical (unpaired) electrons. The highest BCUT2D eigenvalue weighted by atomic mass is 32.2. The molecule has 2 aliphatic rings. The standard InChI is InChI=1S/C15H31N3O2S/c1-14(2)12-18(13-15-8-7-9-16-15)21(19,20)17-10-5-3-4-6-11-17/h14-16H,3-13H2,1-2H3. The number of hydrogen-bond donors (Lipinski definition) is 1. The van der Waals surface area contributed by atoms with E-state index in [4.69, 9.17) is 0 Å². The van der Waals surface area contributed by atoms with E-state index in [0.717, 1.165) is 45.1 Å². The molecule has 1 N–H and O–H groups in total. The normalized spacial score (nSPS) is 25.6. The van der Waals surface area contributed by atoms with Crippen LogP contribution < -0.4 is 5.32 Å². The van der Waals surface area contributed by atoms with Gasteiger partial charge in [0.15, 0.2) is 0 Å². The highest BCUT2D eigenvalue weighted by Crippen LogP contribution is 2.19. The Morgan fingerprint density at radius 2 is 1.81 bits per heavy atom. The first-order valence-corrected chi connectivity index (χ1v) is 9.88. The molecule has 2 saturated heterocycles. The van der Waals surface area contributed by atoms with Crippen LogP contribution in [0.25, 0.3) is 0 Å². The highest BCUT2D eigenvalue weighted by molar-refractivity contribution is 7.86. The lowest BCUT2D eigenvalue weighted by Gasteiger charge is -2.32. The summed E-state index contributed by atoms with van der Waals surface area (Å²) in [5.74, 6) is 0.355. The largest absolute Gasteiger partial charge is 0.313 e. The average Bonchev–Trinajstić information content (AvgIpc) is 2.76. The quantitative estimate of drug-likeness (QED) is 0.813. The lowest BCUT2D eigenvalue weighted by Crippen LogP contribution is -2.49. The maximum atomic E-state index is 13.0. The van der Waals surface area contributed by atoms with Crippen molar-refractivity contribution in [3.05, 3.63) is 0 Å². The van der Waals surface area contributed by atoms with E-state index in [1.807, 2.05) is 0 Å². The second-order valence-corrected chi connectivity index (χ2v) is 8.75. The van der Waals surface area contributed by atoms with E-state index in [9.17, 15) is 8.42 Å². The highest BCUT2D eigenvalue weighted by Gasteiger charge is 2.32. The van der Waals surface area contributed by atoms with Crippen LogP contribution >= 0.6 is 0 Å². The van der Waals surface area contributed by atoms with Crippen LogP contribution in [0.2, 0.25) is 0 Å². The maximum Gasteiger partial charge on any atom is 0.282 e. The Morgan fingerprint density at radius 1 is 1.14 bits per heavy atom. The van der Waals surface area contributed by atoms with Crippen molar-refractivity contribution in [3.63, 3.8) is 0 Å². The lowest BCUT2D eigenvalue weighted by atomic mass is 10.2. The number of nitrogens with zero attached hydrogens (tertiary/aromatic N) is 2. The monoisotopic (exact) mass is 317 g/mol. The molecule has 124 valence electrons. The predicted molar refractivity (Wildman–Crippen MR) is 86.4 cm³/mol. The fourth-order valence-corrected chi connectivity index (χ4v) is 5.17. The zero-order valence-corrected chi connectivity index (χ0v) is 14.4. The van der Waals surface area contributed by atoms with Gasteiger partial charge in [0, 0.05) is 32.2 Å². The molecule has 1 atom stereocenters. The fraction of sp³-hybridized carbons (Fsp3) is 1.00. The Morgan fingerprint density at radius 3 is 2.33 bits per heavy atom. The fourth-order valence-electron chi connectivity index (χ4n) is 3.26. The topological polar surface area (TPSA) is 52.7 Å². The molecule has 0 spiro atoms. The third-order valence-electron chi connectivity index (χ3n) is 4.37. The first kappa shape index (κ1) is 17.2. The summed E-state index contributed by atoms with van der Waals surface area (Å²) in [4.78, 5) is 0. The molecular weight excluding hydrogens is 286 g/mol. The summed E-state index contributed by atoms with van der Waals surface area (Å²) < 4.78 is 29.4. The number of hydrogen-bond acceptors (Lipinski definition) is 3. The third kappa shape index (κ3) is 4.91. The van der Waals surface area contributed by atoms with Gasteiger partial charge in [-0.15, -0.1) is 0 Å².